The van der Waals surface area contributed by atoms with Gasteiger partial charge in [0.15, 0.2) is 6.10 Å². The summed E-state index contributed by atoms with van der Waals surface area (Å²) in [4.78, 5) is 38.2. The van der Waals surface area contributed by atoms with Crippen molar-refractivity contribution in [3.63, 3.8) is 0 Å². The number of esters is 3. The number of carbonyl (C=O) groups is 3. The maximum atomic E-state index is 12.9. The van der Waals surface area contributed by atoms with Gasteiger partial charge in [-0.1, -0.05) is 263 Å². The molecular formula is C61H114O6. The van der Waals surface area contributed by atoms with Crippen LogP contribution >= 0.6 is 0 Å². The third-order valence-corrected chi connectivity index (χ3v) is 13.4. The Labute approximate surface area is 417 Å². The molecule has 0 fully saturated rings. The molecule has 394 valence electrons. The van der Waals surface area contributed by atoms with Crippen molar-refractivity contribution >= 4 is 17.9 Å². The molecule has 0 unspecified atom stereocenters. The Balaban J connectivity index is 4.31. The predicted molar refractivity (Wildman–Crippen MR) is 289 cm³/mol. The van der Waals surface area contributed by atoms with Gasteiger partial charge in [-0.15, -0.1) is 0 Å². The molecule has 0 aromatic rings. The molecule has 0 aliphatic heterocycles. The highest BCUT2D eigenvalue weighted by Crippen LogP contribution is 2.17. The lowest BCUT2D eigenvalue weighted by atomic mass is 10.0. The van der Waals surface area contributed by atoms with Gasteiger partial charge >= 0.3 is 17.9 Å². The van der Waals surface area contributed by atoms with Crippen LogP contribution in [-0.4, -0.2) is 37.2 Å². The average molecular weight is 944 g/mol. The zero-order chi connectivity index (χ0) is 48.6. The molecule has 0 rings (SSSR count). The van der Waals surface area contributed by atoms with Crippen molar-refractivity contribution in [1.29, 1.82) is 0 Å². The number of unbranched alkanes of at least 4 members (excludes halogenated alkanes) is 40. The molecule has 6 nitrogen and oxygen atoms in total. The number of allylic oxidation sites excluding steroid dienone is 4. The maximum Gasteiger partial charge on any atom is 0.306 e. The van der Waals surface area contributed by atoms with Crippen LogP contribution in [-0.2, 0) is 28.6 Å². The number of hydrogen-bond acceptors (Lipinski definition) is 6. The summed E-state index contributed by atoms with van der Waals surface area (Å²) >= 11 is 0. The van der Waals surface area contributed by atoms with Gasteiger partial charge in [0, 0.05) is 19.3 Å². The molecule has 0 amide bonds. The van der Waals surface area contributed by atoms with Gasteiger partial charge in [-0.3, -0.25) is 14.4 Å². The van der Waals surface area contributed by atoms with Crippen LogP contribution in [0.1, 0.15) is 329 Å². The Bertz CT molecular complexity index is 1080. The topological polar surface area (TPSA) is 78.9 Å². The normalized spacial score (nSPS) is 12.1. The van der Waals surface area contributed by atoms with Crippen LogP contribution in [0, 0.1) is 0 Å². The zero-order valence-electron chi connectivity index (χ0n) is 45.2. The van der Waals surface area contributed by atoms with E-state index in [0.717, 1.165) is 57.8 Å². The summed E-state index contributed by atoms with van der Waals surface area (Å²) in [6, 6.07) is 0. The Hall–Kier alpha value is -2.11. The second-order valence-corrected chi connectivity index (χ2v) is 20.3. The van der Waals surface area contributed by atoms with Crippen molar-refractivity contribution in [1.82, 2.24) is 0 Å². The number of ether oxygens (including phenoxy) is 3. The Morgan fingerprint density at radius 3 is 0.746 bits per heavy atom. The molecule has 0 bridgehead atoms. The molecule has 0 aromatic heterocycles. The van der Waals surface area contributed by atoms with Crippen molar-refractivity contribution in [2.75, 3.05) is 13.2 Å². The van der Waals surface area contributed by atoms with E-state index in [1.54, 1.807) is 0 Å². The van der Waals surface area contributed by atoms with E-state index < -0.39 is 6.10 Å². The average Bonchev–Trinajstić information content (AvgIpc) is 3.33. The molecule has 0 saturated heterocycles. The lowest BCUT2D eigenvalue weighted by Crippen LogP contribution is -2.30. The third-order valence-electron chi connectivity index (χ3n) is 13.4. The largest absolute Gasteiger partial charge is 0.462 e. The summed E-state index contributed by atoms with van der Waals surface area (Å²) in [5.41, 5.74) is 0. The van der Waals surface area contributed by atoms with Gasteiger partial charge in [0.25, 0.3) is 0 Å². The first-order valence-corrected chi connectivity index (χ1v) is 29.8. The smallest absolute Gasteiger partial charge is 0.306 e. The Morgan fingerprint density at radius 1 is 0.284 bits per heavy atom. The molecule has 0 radical (unpaired) electrons. The first kappa shape index (κ1) is 64.9. The molecule has 0 saturated carbocycles. The van der Waals surface area contributed by atoms with Gasteiger partial charge in [-0.25, -0.2) is 0 Å². The second-order valence-electron chi connectivity index (χ2n) is 20.3. The van der Waals surface area contributed by atoms with E-state index in [4.69, 9.17) is 14.2 Å². The number of hydrogen-bond donors (Lipinski definition) is 0. The van der Waals surface area contributed by atoms with Crippen molar-refractivity contribution in [2.24, 2.45) is 0 Å². The molecule has 0 N–H and O–H groups in total. The summed E-state index contributed by atoms with van der Waals surface area (Å²) in [6.45, 7) is 6.68. The molecule has 6 heteroatoms. The van der Waals surface area contributed by atoms with E-state index in [2.05, 4.69) is 45.1 Å². The molecule has 0 spiro atoms. The van der Waals surface area contributed by atoms with E-state index >= 15 is 0 Å². The summed E-state index contributed by atoms with van der Waals surface area (Å²) in [5.74, 6) is -0.854. The first-order chi connectivity index (χ1) is 33.0. The monoisotopic (exact) mass is 943 g/mol. The molecule has 0 heterocycles. The number of carbonyl (C=O) groups excluding carboxylic acids is 3. The molecule has 0 aliphatic rings. The fourth-order valence-corrected chi connectivity index (χ4v) is 8.91. The molecular weight excluding hydrogens is 829 g/mol. The van der Waals surface area contributed by atoms with Crippen LogP contribution in [0.5, 0.6) is 0 Å². The van der Waals surface area contributed by atoms with E-state index in [0.29, 0.717) is 19.3 Å². The van der Waals surface area contributed by atoms with Crippen LogP contribution < -0.4 is 0 Å². The van der Waals surface area contributed by atoms with Gasteiger partial charge < -0.3 is 14.2 Å². The standard InChI is InChI=1S/C61H114O6/c1-4-7-10-13-16-19-22-25-27-29-30-32-33-36-39-42-45-48-51-54-60(63)66-57-58(56-65-59(62)53-50-47-44-41-38-35-24-21-18-15-12-9-6-3)67-61(64)55-52-49-46-43-40-37-34-31-28-26-23-20-17-14-11-8-5-2/h25-28,58H,4-24,29-57H2,1-3H3/b27-25-,28-26-/t58-/m1/s1. The van der Waals surface area contributed by atoms with E-state index in [-0.39, 0.29) is 31.1 Å². The highest BCUT2D eigenvalue weighted by Gasteiger charge is 2.19. The van der Waals surface area contributed by atoms with Crippen LogP contribution in [0.3, 0.4) is 0 Å². The van der Waals surface area contributed by atoms with Gasteiger partial charge in [0.2, 0.25) is 0 Å². The van der Waals surface area contributed by atoms with Crippen LogP contribution in [0.25, 0.3) is 0 Å². The van der Waals surface area contributed by atoms with Crippen LogP contribution in [0.4, 0.5) is 0 Å². The molecule has 0 aliphatic carbocycles. The van der Waals surface area contributed by atoms with Crippen LogP contribution in [0.15, 0.2) is 24.3 Å². The quantitative estimate of drug-likeness (QED) is 0.0262. The Morgan fingerprint density at radius 2 is 0.493 bits per heavy atom. The summed E-state index contributed by atoms with van der Waals surface area (Å²) in [5, 5.41) is 0. The summed E-state index contributed by atoms with van der Waals surface area (Å²) < 4.78 is 16.9. The minimum Gasteiger partial charge on any atom is -0.462 e. The summed E-state index contributed by atoms with van der Waals surface area (Å²) in [7, 11) is 0. The maximum absolute atomic E-state index is 12.9. The minimum absolute atomic E-state index is 0.0690. The lowest BCUT2D eigenvalue weighted by molar-refractivity contribution is -0.167. The fourth-order valence-electron chi connectivity index (χ4n) is 8.91. The Kier molecular flexibility index (Phi) is 54.7. The van der Waals surface area contributed by atoms with Crippen molar-refractivity contribution < 1.29 is 28.6 Å². The zero-order valence-corrected chi connectivity index (χ0v) is 45.2. The highest BCUT2D eigenvalue weighted by atomic mass is 16.6. The molecule has 1 atom stereocenters. The van der Waals surface area contributed by atoms with Gasteiger partial charge in [-0.05, 0) is 70.6 Å². The van der Waals surface area contributed by atoms with Crippen molar-refractivity contribution in [2.45, 2.75) is 335 Å². The minimum atomic E-state index is -0.770. The van der Waals surface area contributed by atoms with E-state index in [1.165, 1.54) is 231 Å². The predicted octanol–water partition coefficient (Wildman–Crippen LogP) is 19.9. The summed E-state index contributed by atoms with van der Waals surface area (Å²) in [6.07, 6.45) is 65.9. The third kappa shape index (κ3) is 54.7. The van der Waals surface area contributed by atoms with Gasteiger partial charge in [0.05, 0.1) is 0 Å². The van der Waals surface area contributed by atoms with Crippen molar-refractivity contribution in [3.05, 3.63) is 24.3 Å². The van der Waals surface area contributed by atoms with Gasteiger partial charge in [-0.2, -0.15) is 0 Å². The number of rotatable bonds is 55. The molecule has 67 heavy (non-hydrogen) atoms. The highest BCUT2D eigenvalue weighted by molar-refractivity contribution is 5.71. The second kappa shape index (κ2) is 56.5. The fraction of sp³-hybridized carbons (Fsp3) is 0.885. The SMILES string of the molecule is CCCCCCCC/C=C\CCCCCCCCCCCC(=O)OC[C@@H](COC(=O)CCCCCCCCCCCCCCC)OC(=O)CCCCCCCCC/C=C\CCCCCCCC. The van der Waals surface area contributed by atoms with Gasteiger partial charge in [0.1, 0.15) is 13.2 Å². The first-order valence-electron chi connectivity index (χ1n) is 29.8. The lowest BCUT2D eigenvalue weighted by Gasteiger charge is -2.18. The van der Waals surface area contributed by atoms with Crippen molar-refractivity contribution in [3.8, 4) is 0 Å². The molecule has 0 aromatic carbocycles. The van der Waals surface area contributed by atoms with E-state index in [1.807, 2.05) is 0 Å². The van der Waals surface area contributed by atoms with E-state index in [9.17, 15) is 14.4 Å². The van der Waals surface area contributed by atoms with Crippen LogP contribution in [0.2, 0.25) is 0 Å².